The fourth-order valence-electron chi connectivity index (χ4n) is 16.0. The summed E-state index contributed by atoms with van der Waals surface area (Å²) in [6.45, 7) is 44.9. The van der Waals surface area contributed by atoms with Gasteiger partial charge in [0.05, 0.1) is 77.4 Å². The zero-order chi connectivity index (χ0) is 108. The van der Waals surface area contributed by atoms with Gasteiger partial charge in [0.15, 0.2) is 0 Å². The number of pyridine rings is 4. The molecule has 15 rings (SSSR count). The van der Waals surface area contributed by atoms with E-state index in [1.54, 1.807) is 81.1 Å². The molecule has 0 saturated carbocycles. The van der Waals surface area contributed by atoms with Gasteiger partial charge in [0.25, 0.3) is 17.7 Å². The first-order chi connectivity index (χ1) is 70.0. The van der Waals surface area contributed by atoms with Crippen LogP contribution < -0.4 is 51.4 Å². The fourth-order valence-corrected chi connectivity index (χ4v) is 16.6. The van der Waals surface area contributed by atoms with E-state index in [0.29, 0.717) is 42.2 Å². The van der Waals surface area contributed by atoms with Crippen LogP contribution in [-0.2, 0) is 38.4 Å². The number of nitrogens with two attached hydrogens (primary N) is 1. The van der Waals surface area contributed by atoms with Gasteiger partial charge in [-0.3, -0.25) is 44.3 Å². The number of amides is 5. The van der Waals surface area contributed by atoms with Gasteiger partial charge < -0.3 is 79.6 Å². The van der Waals surface area contributed by atoms with Crippen molar-refractivity contribution in [3.63, 3.8) is 0 Å². The Kier molecular flexibility index (Phi) is 42.1. The maximum atomic E-state index is 13.6. The van der Waals surface area contributed by atoms with E-state index in [1.165, 1.54) is 46.5 Å². The summed E-state index contributed by atoms with van der Waals surface area (Å²) in [5.41, 5.74) is 24.4. The number of hydrogen-bond donors (Lipinski definition) is 6. The number of carbonyl (C=O) groups is 6. The number of carboxylic acids is 1. The lowest BCUT2D eigenvalue weighted by atomic mass is 9.77. The van der Waals surface area contributed by atoms with Crippen molar-refractivity contribution in [2.75, 3.05) is 48.1 Å². The third-order valence-corrected chi connectivity index (χ3v) is 26.0. The highest BCUT2D eigenvalue weighted by molar-refractivity contribution is 9.10. The van der Waals surface area contributed by atoms with Crippen LogP contribution in [0.4, 0.5) is 9.59 Å². The SMILES string of the molecule is CC1=NCc2ccc(B3OC(C)(C)C(C)(C)O3)cc21.COc1cccc(C(CN(C(=O)OC(C)(C)C)C(C)C)NC(=O)c2cc(-c3ccc4c(c3)C(C)=NC4)ccn2)c1.COc1cccc(C(CN(C(=O)OC(C)(C)C)C(C)C)NC(=O)c2cc(Br)ccn2)c1.COc1cccc(C(CNC(C)C)NC(=O)c2cc(-c3ccc4c(c3)C(C)=NC4)ccn2)c1.COc1cccc(C(N)CCC(C)C)c1.O=C(O)c1cc(Br)ccn1. The maximum Gasteiger partial charge on any atom is 0.494 e. The minimum absolute atomic E-state index is 0.0503. The van der Waals surface area contributed by atoms with Crippen molar-refractivity contribution in [2.24, 2.45) is 26.6 Å². The van der Waals surface area contributed by atoms with Gasteiger partial charge in [-0.15, -0.1) is 0 Å². The molecule has 1 fully saturated rings. The third kappa shape index (κ3) is 34.1. The van der Waals surface area contributed by atoms with Crippen LogP contribution in [0.5, 0.6) is 23.0 Å². The largest absolute Gasteiger partial charge is 0.497 e. The van der Waals surface area contributed by atoms with Crippen LogP contribution >= 0.6 is 31.9 Å². The van der Waals surface area contributed by atoms with Gasteiger partial charge in [0, 0.05) is 106 Å². The lowest BCUT2D eigenvalue weighted by Gasteiger charge is -2.33. The Hall–Kier alpha value is -13.4. The number of ether oxygens (including phenoxy) is 6. The Morgan fingerprint density at radius 2 is 0.770 bits per heavy atom. The van der Waals surface area contributed by atoms with Gasteiger partial charge in [-0.05, 0) is 318 Å². The lowest BCUT2D eigenvalue weighted by molar-refractivity contribution is 0.00578. The maximum absolute atomic E-state index is 13.6. The summed E-state index contributed by atoms with van der Waals surface area (Å²) in [6, 6.07) is 62.4. The first-order valence-corrected chi connectivity index (χ1v) is 51.3. The van der Waals surface area contributed by atoms with Crippen molar-refractivity contribution in [1.82, 2.24) is 51.0 Å². The van der Waals surface area contributed by atoms with Crippen LogP contribution in [-0.4, -0.2) is 184 Å². The number of halogens is 2. The third-order valence-electron chi connectivity index (χ3n) is 25.0. The average molecular weight is 2140 g/mol. The molecule has 0 spiro atoms. The van der Waals surface area contributed by atoms with Gasteiger partial charge in [0.2, 0.25) is 0 Å². The van der Waals surface area contributed by atoms with E-state index < -0.39 is 41.4 Å². The summed E-state index contributed by atoms with van der Waals surface area (Å²) in [5.74, 6) is 1.74. The molecule has 1 saturated heterocycles. The van der Waals surface area contributed by atoms with E-state index in [4.69, 9.17) is 48.6 Å². The Morgan fingerprint density at radius 3 is 1.13 bits per heavy atom. The number of methoxy groups -OCH3 is 4. The van der Waals surface area contributed by atoms with Gasteiger partial charge in [-0.1, -0.05) is 151 Å². The van der Waals surface area contributed by atoms with Crippen LogP contribution in [0.25, 0.3) is 22.3 Å². The van der Waals surface area contributed by atoms with Crippen LogP contribution in [0.1, 0.15) is 280 Å². The summed E-state index contributed by atoms with van der Waals surface area (Å²) in [6.07, 6.45) is 7.63. The number of rotatable bonds is 30. The highest BCUT2D eigenvalue weighted by Crippen LogP contribution is 2.38. The number of nitrogens with one attached hydrogen (secondary N) is 4. The predicted molar refractivity (Wildman–Crippen MR) is 593 cm³/mol. The number of nitrogens with zero attached hydrogens (tertiary/aromatic N) is 9. The van der Waals surface area contributed by atoms with Crippen molar-refractivity contribution in [2.45, 2.75) is 243 Å². The molecule has 784 valence electrons. The molecule has 32 heteroatoms. The van der Waals surface area contributed by atoms with Crippen LogP contribution in [0, 0.1) is 5.92 Å². The summed E-state index contributed by atoms with van der Waals surface area (Å²) >= 11 is 6.49. The molecule has 4 aromatic heterocycles. The molecule has 148 heavy (non-hydrogen) atoms. The number of benzene rings is 7. The van der Waals surface area contributed by atoms with Crippen molar-refractivity contribution < 1.29 is 71.6 Å². The normalized spacial score (nSPS) is 14.1. The molecule has 0 aliphatic carbocycles. The standard InChI is InChI=1S/C32H38N4O4.C27H30N4O2.C23H30BrN3O4.C15H20BNO2.C13H21NO.C6H4BrNO2/c1-20(2)36(31(38)40-32(4,5)6)19-29(24-9-8-10-26(15-24)39-7)35-30(37)28-17-23(13-14-33-28)22-11-12-25-18-34-21(3)27(25)16-22;1-17(2)29-16-26(21-6-5-7-23(12-21)33-4)31-27(32)25-14-20(10-11-28-25)19-8-9-22-15-30-18(3)24(22)13-19;1-15(2)27(22(29)31-23(3,4)5)14-20(16-8-7-9-18(12-16)30-6)26-21(28)19-13-17(24)10-11-25-19;1-10-13-8-12(7-6-11(13)9-17-10)16-18-14(2,3)15(4,5)19-16;1-10(2)7-8-13(14)11-5-4-6-12(9-11)15-3;7-4-1-2-8-5(3-4)6(9)10/h8-17,20,29H,18-19H2,1-7H3,(H,35,37);5-14,17,26,29H,15-16H2,1-4H3,(H,31,32);7-13,15,20H,14H2,1-6H3,(H,26,28);6-8H,9H2,1-5H3;4-6,9-10,13H,7-8,14H2,1-3H3;1-3H,(H,9,10). The number of aromatic carboxylic acids is 1. The molecule has 11 aromatic rings. The average Bonchev–Trinajstić information content (AvgIpc) is 1.61. The van der Waals surface area contributed by atoms with Crippen LogP contribution in [0.2, 0.25) is 0 Å². The fraction of sp³-hybridized carbons (Fsp3) is 0.388. The molecule has 4 aliphatic rings. The topological polar surface area (TPSA) is 366 Å². The van der Waals surface area contributed by atoms with Crippen LogP contribution in [0.15, 0.2) is 249 Å². The molecule has 29 nitrogen and oxygen atoms in total. The Balaban J connectivity index is 0.000000190. The van der Waals surface area contributed by atoms with E-state index in [-0.39, 0.29) is 90.4 Å². The van der Waals surface area contributed by atoms with Crippen LogP contribution in [0.3, 0.4) is 0 Å². The monoisotopic (exact) mass is 2140 g/mol. The van der Waals surface area contributed by atoms with Crippen molar-refractivity contribution in [1.29, 1.82) is 0 Å². The van der Waals surface area contributed by atoms with E-state index in [2.05, 4.69) is 205 Å². The molecule has 0 radical (unpaired) electrons. The molecule has 4 atom stereocenters. The molecule has 4 aliphatic heterocycles. The highest BCUT2D eigenvalue weighted by atomic mass is 79.9. The summed E-state index contributed by atoms with van der Waals surface area (Å²) in [5, 5.41) is 21.1. The summed E-state index contributed by atoms with van der Waals surface area (Å²) < 4.78 is 46.2. The van der Waals surface area contributed by atoms with Gasteiger partial charge in [0.1, 0.15) is 57.0 Å². The molecular weight excluding hydrogens is 2000 g/mol. The minimum atomic E-state index is -1.01. The second-order valence-electron chi connectivity index (χ2n) is 40.6. The Morgan fingerprint density at radius 1 is 0.432 bits per heavy atom. The molecule has 0 bridgehead atoms. The van der Waals surface area contributed by atoms with E-state index in [0.717, 1.165) is 113 Å². The molecule has 8 heterocycles. The zero-order valence-corrected chi connectivity index (χ0v) is 92.9. The number of hydrogen-bond acceptors (Lipinski definition) is 23. The Labute approximate surface area is 889 Å². The Bertz CT molecular complexity index is 6500. The summed E-state index contributed by atoms with van der Waals surface area (Å²) in [7, 11) is 6.21. The first kappa shape index (κ1) is 117. The summed E-state index contributed by atoms with van der Waals surface area (Å²) in [4.78, 5) is 109. The second kappa shape index (κ2) is 53.5. The number of carboxylic acid groups (broad SMARTS) is 1. The van der Waals surface area contributed by atoms with Gasteiger partial charge >= 0.3 is 25.3 Å². The van der Waals surface area contributed by atoms with E-state index in [9.17, 15) is 28.8 Å². The number of fused-ring (bicyclic) bond motifs is 3. The number of aromatic nitrogens is 4. The van der Waals surface area contributed by atoms with E-state index in [1.807, 2.05) is 198 Å². The first-order valence-electron chi connectivity index (χ1n) is 49.7. The predicted octanol–water partition coefficient (Wildman–Crippen LogP) is 22.7. The van der Waals surface area contributed by atoms with Crippen molar-refractivity contribution in [3.8, 4) is 45.3 Å². The van der Waals surface area contributed by atoms with Crippen molar-refractivity contribution in [3.05, 3.63) is 312 Å². The zero-order valence-electron chi connectivity index (χ0n) is 89.7. The number of aliphatic imine (C=N–C) groups is 3. The molecule has 7 N–H and O–H groups in total. The second-order valence-corrected chi connectivity index (χ2v) is 42.4. The smallest absolute Gasteiger partial charge is 0.494 e. The number of carbonyl (C=O) groups excluding carboxylic acids is 5. The quantitative estimate of drug-likeness (QED) is 0.0228. The minimum Gasteiger partial charge on any atom is -0.497 e. The van der Waals surface area contributed by atoms with E-state index >= 15 is 0 Å². The molecule has 7 aromatic carbocycles. The highest BCUT2D eigenvalue weighted by Gasteiger charge is 2.52. The molecule has 4 unspecified atom stereocenters. The van der Waals surface area contributed by atoms with Crippen molar-refractivity contribution >= 4 is 97.5 Å². The molecular formula is C116H143BBr2N14O15. The molecule has 5 amide bonds. The van der Waals surface area contributed by atoms with Gasteiger partial charge in [-0.25, -0.2) is 19.4 Å². The van der Waals surface area contributed by atoms with Gasteiger partial charge in [-0.2, -0.15) is 0 Å². The lowest BCUT2D eigenvalue weighted by Crippen LogP contribution is -2.46.